The Kier molecular flexibility index (Phi) is 4.68. The second-order valence-electron chi connectivity index (χ2n) is 5.04. The van der Waals surface area contributed by atoms with Gasteiger partial charge in [0.15, 0.2) is 0 Å². The number of oxime groups is 1. The SMILES string of the molecule is CC(=O)O/N=C(\C)c1ncc(C(F)(F)F)cc1N1CCCC1. The van der Waals surface area contributed by atoms with Crippen molar-refractivity contribution in [2.75, 3.05) is 18.0 Å². The number of halogens is 3. The molecular weight excluding hydrogens is 299 g/mol. The van der Waals surface area contributed by atoms with Crippen LogP contribution in [0.15, 0.2) is 17.4 Å². The summed E-state index contributed by atoms with van der Waals surface area (Å²) >= 11 is 0. The van der Waals surface area contributed by atoms with E-state index in [0.29, 0.717) is 18.8 Å². The maximum Gasteiger partial charge on any atom is 0.417 e. The van der Waals surface area contributed by atoms with Crippen molar-refractivity contribution in [1.82, 2.24) is 4.98 Å². The van der Waals surface area contributed by atoms with Gasteiger partial charge >= 0.3 is 12.1 Å². The predicted molar refractivity (Wildman–Crippen MR) is 74.7 cm³/mol. The molecule has 1 aromatic heterocycles. The number of rotatable bonds is 3. The van der Waals surface area contributed by atoms with E-state index in [9.17, 15) is 18.0 Å². The highest BCUT2D eigenvalue weighted by Crippen LogP contribution is 2.33. The first kappa shape index (κ1) is 16.3. The zero-order valence-corrected chi connectivity index (χ0v) is 12.3. The summed E-state index contributed by atoms with van der Waals surface area (Å²) in [5, 5.41) is 3.61. The van der Waals surface area contributed by atoms with Crippen LogP contribution >= 0.6 is 0 Å². The molecule has 1 aromatic rings. The van der Waals surface area contributed by atoms with Gasteiger partial charge in [-0.05, 0) is 25.8 Å². The molecule has 0 saturated carbocycles. The minimum atomic E-state index is -4.46. The quantitative estimate of drug-likeness (QED) is 0.489. The Bertz CT molecular complexity index is 593. The van der Waals surface area contributed by atoms with E-state index in [2.05, 4.69) is 15.0 Å². The lowest BCUT2D eigenvalue weighted by Gasteiger charge is -2.21. The van der Waals surface area contributed by atoms with E-state index in [1.165, 1.54) is 13.8 Å². The first-order chi connectivity index (χ1) is 10.3. The molecule has 8 heteroatoms. The van der Waals surface area contributed by atoms with Crippen molar-refractivity contribution in [2.45, 2.75) is 32.9 Å². The molecule has 1 fully saturated rings. The third-order valence-electron chi connectivity index (χ3n) is 3.30. The van der Waals surface area contributed by atoms with Crippen LogP contribution in [-0.4, -0.2) is 29.8 Å². The number of carbonyl (C=O) groups excluding carboxylic acids is 1. The normalized spacial score (nSPS) is 16.0. The number of hydrogen-bond acceptors (Lipinski definition) is 5. The van der Waals surface area contributed by atoms with Crippen LogP contribution in [0.25, 0.3) is 0 Å². The van der Waals surface area contributed by atoms with Crippen molar-refractivity contribution in [3.63, 3.8) is 0 Å². The van der Waals surface area contributed by atoms with Gasteiger partial charge in [-0.3, -0.25) is 4.98 Å². The second-order valence-corrected chi connectivity index (χ2v) is 5.04. The Balaban J connectivity index is 2.43. The third kappa shape index (κ3) is 3.75. The van der Waals surface area contributed by atoms with E-state index >= 15 is 0 Å². The molecule has 2 rings (SSSR count). The number of pyridine rings is 1. The summed E-state index contributed by atoms with van der Waals surface area (Å²) in [7, 11) is 0. The minimum Gasteiger partial charge on any atom is -0.370 e. The van der Waals surface area contributed by atoms with Crippen LogP contribution in [-0.2, 0) is 15.8 Å². The molecule has 0 radical (unpaired) electrons. The molecule has 0 amide bonds. The van der Waals surface area contributed by atoms with Gasteiger partial charge in [-0.2, -0.15) is 13.2 Å². The number of nitrogens with zero attached hydrogens (tertiary/aromatic N) is 3. The van der Waals surface area contributed by atoms with Crippen molar-refractivity contribution in [1.29, 1.82) is 0 Å². The van der Waals surface area contributed by atoms with Crippen LogP contribution in [0.3, 0.4) is 0 Å². The Hall–Kier alpha value is -2.12. The van der Waals surface area contributed by atoms with Crippen LogP contribution in [0.1, 0.15) is 37.9 Å². The van der Waals surface area contributed by atoms with Gasteiger partial charge in [0.05, 0.1) is 11.3 Å². The number of anilines is 1. The Labute approximate surface area is 125 Å². The first-order valence-electron chi connectivity index (χ1n) is 6.84. The first-order valence-corrected chi connectivity index (χ1v) is 6.84. The fourth-order valence-corrected chi connectivity index (χ4v) is 2.26. The average molecular weight is 315 g/mol. The highest BCUT2D eigenvalue weighted by atomic mass is 19.4. The molecule has 0 spiro atoms. The minimum absolute atomic E-state index is 0.255. The number of aromatic nitrogens is 1. The maximum atomic E-state index is 12.9. The van der Waals surface area contributed by atoms with Gasteiger partial charge in [-0.1, -0.05) is 5.16 Å². The largest absolute Gasteiger partial charge is 0.417 e. The average Bonchev–Trinajstić information content (AvgIpc) is 2.97. The lowest BCUT2D eigenvalue weighted by molar-refractivity contribution is -0.141. The lowest BCUT2D eigenvalue weighted by atomic mass is 10.1. The van der Waals surface area contributed by atoms with Gasteiger partial charge in [0.2, 0.25) is 0 Å². The summed E-state index contributed by atoms with van der Waals surface area (Å²) < 4.78 is 38.7. The number of alkyl halides is 3. The fraction of sp³-hybridized carbons (Fsp3) is 0.500. The molecule has 120 valence electrons. The van der Waals surface area contributed by atoms with E-state index in [1.54, 1.807) is 0 Å². The Morgan fingerprint density at radius 2 is 1.95 bits per heavy atom. The highest BCUT2D eigenvalue weighted by Gasteiger charge is 2.33. The van der Waals surface area contributed by atoms with Crippen LogP contribution in [0.2, 0.25) is 0 Å². The van der Waals surface area contributed by atoms with Crippen molar-refractivity contribution in [3.8, 4) is 0 Å². The van der Waals surface area contributed by atoms with E-state index in [4.69, 9.17) is 0 Å². The topological polar surface area (TPSA) is 54.8 Å². The van der Waals surface area contributed by atoms with E-state index in [1.807, 2.05) is 4.90 Å². The smallest absolute Gasteiger partial charge is 0.370 e. The van der Waals surface area contributed by atoms with E-state index in [-0.39, 0.29) is 11.4 Å². The van der Waals surface area contributed by atoms with Gasteiger partial charge in [-0.25, -0.2) is 4.79 Å². The highest BCUT2D eigenvalue weighted by molar-refractivity contribution is 6.01. The molecule has 0 aliphatic carbocycles. The summed E-state index contributed by atoms with van der Waals surface area (Å²) in [4.78, 5) is 21.1. The Morgan fingerprint density at radius 3 is 2.50 bits per heavy atom. The standard InChI is InChI=1S/C14H16F3N3O2/c1-9(19-22-10(2)21)13-12(20-5-3-4-6-20)7-11(8-18-13)14(15,16)17/h7-8H,3-6H2,1-2H3/b19-9+. The summed E-state index contributed by atoms with van der Waals surface area (Å²) in [6.07, 6.45) is -1.87. The molecule has 1 aliphatic heterocycles. The van der Waals surface area contributed by atoms with E-state index in [0.717, 1.165) is 25.1 Å². The maximum absolute atomic E-state index is 12.9. The Morgan fingerprint density at radius 1 is 1.32 bits per heavy atom. The van der Waals surface area contributed by atoms with Crippen molar-refractivity contribution in [2.24, 2.45) is 5.16 Å². The summed E-state index contributed by atoms with van der Waals surface area (Å²) in [6.45, 7) is 4.06. The van der Waals surface area contributed by atoms with Crippen LogP contribution in [0.4, 0.5) is 18.9 Å². The molecule has 0 aromatic carbocycles. The van der Waals surface area contributed by atoms with Crippen LogP contribution in [0, 0.1) is 0 Å². The van der Waals surface area contributed by atoms with Crippen LogP contribution < -0.4 is 4.90 Å². The summed E-state index contributed by atoms with van der Waals surface area (Å²) in [5.74, 6) is -0.603. The lowest BCUT2D eigenvalue weighted by Crippen LogP contribution is -2.22. The van der Waals surface area contributed by atoms with Gasteiger partial charge in [-0.15, -0.1) is 0 Å². The fourth-order valence-electron chi connectivity index (χ4n) is 2.26. The number of carbonyl (C=O) groups is 1. The predicted octanol–water partition coefficient (Wildman–Crippen LogP) is 2.99. The van der Waals surface area contributed by atoms with Crippen LogP contribution in [0.5, 0.6) is 0 Å². The second kappa shape index (κ2) is 6.33. The third-order valence-corrected chi connectivity index (χ3v) is 3.30. The van der Waals surface area contributed by atoms with Gasteiger partial charge in [0.25, 0.3) is 0 Å². The molecule has 5 nitrogen and oxygen atoms in total. The molecule has 0 N–H and O–H groups in total. The molecule has 2 heterocycles. The van der Waals surface area contributed by atoms with Crippen molar-refractivity contribution in [3.05, 3.63) is 23.5 Å². The van der Waals surface area contributed by atoms with Gasteiger partial charge in [0.1, 0.15) is 11.4 Å². The van der Waals surface area contributed by atoms with Crippen molar-refractivity contribution < 1.29 is 22.8 Å². The van der Waals surface area contributed by atoms with Gasteiger partial charge < -0.3 is 9.74 Å². The van der Waals surface area contributed by atoms with Gasteiger partial charge in [0, 0.05) is 26.2 Å². The molecule has 22 heavy (non-hydrogen) atoms. The number of hydrogen-bond donors (Lipinski definition) is 0. The van der Waals surface area contributed by atoms with Crippen molar-refractivity contribution >= 4 is 17.4 Å². The molecule has 1 aliphatic rings. The monoisotopic (exact) mass is 315 g/mol. The summed E-state index contributed by atoms with van der Waals surface area (Å²) in [5.41, 5.74) is 0.0983. The molecule has 1 saturated heterocycles. The molecule has 0 unspecified atom stereocenters. The molecular formula is C14H16F3N3O2. The molecule has 0 bridgehead atoms. The molecule has 0 atom stereocenters. The zero-order chi connectivity index (χ0) is 16.3. The van der Waals surface area contributed by atoms with E-state index < -0.39 is 17.7 Å². The summed E-state index contributed by atoms with van der Waals surface area (Å²) in [6, 6.07) is 1.07. The zero-order valence-electron chi connectivity index (χ0n) is 12.3.